The third-order valence-electron chi connectivity index (χ3n) is 3.21. The van der Waals surface area contributed by atoms with Crippen LogP contribution in [-0.2, 0) is 0 Å². The number of likely N-dealkylation sites (N-methyl/N-ethyl adjacent to an activating group) is 1. The lowest BCUT2D eigenvalue weighted by molar-refractivity contribution is 0.211. The summed E-state index contributed by atoms with van der Waals surface area (Å²) in [5, 5.41) is 0. The minimum Gasteiger partial charge on any atom is -0.302 e. The molecule has 14 heavy (non-hydrogen) atoms. The van der Waals surface area contributed by atoms with Gasteiger partial charge < -0.3 is 4.90 Å². The molecule has 0 aromatic carbocycles. The zero-order valence-corrected chi connectivity index (χ0v) is 10.5. The first-order valence-electron chi connectivity index (χ1n) is 5.89. The Labute approximate surface area is 94.1 Å². The van der Waals surface area contributed by atoms with Crippen molar-refractivity contribution in [1.82, 2.24) is 9.80 Å². The third-order valence-corrected chi connectivity index (χ3v) is 3.52. The van der Waals surface area contributed by atoms with Gasteiger partial charge in [0.1, 0.15) is 0 Å². The van der Waals surface area contributed by atoms with Crippen molar-refractivity contribution in [3.05, 3.63) is 0 Å². The molecule has 0 bridgehead atoms. The fraction of sp³-hybridized carbons (Fsp3) is 1.00. The lowest BCUT2D eigenvalue weighted by Crippen LogP contribution is -2.37. The molecule has 1 rings (SSSR count). The van der Waals surface area contributed by atoms with Crippen molar-refractivity contribution in [2.75, 3.05) is 38.5 Å². The molecule has 84 valence electrons. The number of rotatable bonds is 6. The van der Waals surface area contributed by atoms with E-state index in [0.717, 1.165) is 11.8 Å². The van der Waals surface area contributed by atoms with E-state index in [1.54, 1.807) is 0 Å². The maximum atomic E-state index is 4.26. The van der Waals surface area contributed by atoms with E-state index in [4.69, 9.17) is 0 Å². The summed E-state index contributed by atoms with van der Waals surface area (Å²) in [4.78, 5) is 5.17. The maximum absolute atomic E-state index is 4.26. The topological polar surface area (TPSA) is 6.48 Å². The fourth-order valence-electron chi connectivity index (χ4n) is 2.35. The molecule has 1 aliphatic heterocycles. The van der Waals surface area contributed by atoms with Gasteiger partial charge in [0, 0.05) is 12.6 Å². The van der Waals surface area contributed by atoms with Gasteiger partial charge in [0.25, 0.3) is 0 Å². The second-order valence-electron chi connectivity index (χ2n) is 4.04. The standard InChI is InChI=1S/C11H24N2S/c1-3-13(4-2)11-6-8-12(10-11)7-5-9-14/h11,14H,3-10H2,1-2H3. The predicted octanol–water partition coefficient (Wildman–Crippen LogP) is 1.72. The molecule has 0 aliphatic carbocycles. The van der Waals surface area contributed by atoms with Gasteiger partial charge in [-0.25, -0.2) is 0 Å². The van der Waals surface area contributed by atoms with Crippen molar-refractivity contribution in [3.63, 3.8) is 0 Å². The molecular formula is C11H24N2S. The number of thiol groups is 1. The Kier molecular flexibility index (Phi) is 5.90. The normalized spacial score (nSPS) is 23.6. The molecule has 0 aromatic rings. The summed E-state index contributed by atoms with van der Waals surface area (Å²) in [7, 11) is 0. The van der Waals surface area contributed by atoms with Crippen LogP contribution in [0.5, 0.6) is 0 Å². The molecule has 3 heteroatoms. The van der Waals surface area contributed by atoms with Crippen LogP contribution in [0.25, 0.3) is 0 Å². The van der Waals surface area contributed by atoms with Gasteiger partial charge in [-0.1, -0.05) is 13.8 Å². The van der Waals surface area contributed by atoms with Crippen LogP contribution in [0.3, 0.4) is 0 Å². The average molecular weight is 216 g/mol. The lowest BCUT2D eigenvalue weighted by Gasteiger charge is -2.26. The van der Waals surface area contributed by atoms with Gasteiger partial charge in [-0.15, -0.1) is 0 Å². The molecule has 1 saturated heterocycles. The molecule has 0 N–H and O–H groups in total. The van der Waals surface area contributed by atoms with Gasteiger partial charge in [-0.2, -0.15) is 12.6 Å². The molecular weight excluding hydrogens is 192 g/mol. The third kappa shape index (κ3) is 3.44. The van der Waals surface area contributed by atoms with E-state index in [1.807, 2.05) is 0 Å². The Bertz CT molecular complexity index is 148. The van der Waals surface area contributed by atoms with Crippen molar-refractivity contribution < 1.29 is 0 Å². The molecule has 0 spiro atoms. The monoisotopic (exact) mass is 216 g/mol. The molecule has 2 nitrogen and oxygen atoms in total. The maximum Gasteiger partial charge on any atom is 0.0235 e. The van der Waals surface area contributed by atoms with Crippen molar-refractivity contribution >= 4 is 12.6 Å². The van der Waals surface area contributed by atoms with Crippen molar-refractivity contribution in [2.24, 2.45) is 0 Å². The zero-order valence-electron chi connectivity index (χ0n) is 9.58. The first-order valence-corrected chi connectivity index (χ1v) is 6.52. The van der Waals surface area contributed by atoms with Crippen LogP contribution in [-0.4, -0.2) is 54.3 Å². The van der Waals surface area contributed by atoms with Crippen LogP contribution >= 0.6 is 12.6 Å². The van der Waals surface area contributed by atoms with Gasteiger partial charge in [-0.3, -0.25) is 4.90 Å². The molecule has 1 atom stereocenters. The Morgan fingerprint density at radius 3 is 2.64 bits per heavy atom. The van der Waals surface area contributed by atoms with Crippen molar-refractivity contribution in [3.8, 4) is 0 Å². The highest BCUT2D eigenvalue weighted by molar-refractivity contribution is 7.80. The molecule has 0 aromatic heterocycles. The number of hydrogen-bond donors (Lipinski definition) is 1. The van der Waals surface area contributed by atoms with E-state index in [9.17, 15) is 0 Å². The second kappa shape index (κ2) is 6.70. The molecule has 1 aliphatic rings. The van der Waals surface area contributed by atoms with Gasteiger partial charge in [-0.05, 0) is 44.8 Å². The molecule has 0 amide bonds. The van der Waals surface area contributed by atoms with Crippen LogP contribution in [0.15, 0.2) is 0 Å². The number of likely N-dealkylation sites (tertiary alicyclic amines) is 1. The van der Waals surface area contributed by atoms with E-state index < -0.39 is 0 Å². The molecule has 1 unspecified atom stereocenters. The van der Waals surface area contributed by atoms with E-state index in [1.165, 1.54) is 45.6 Å². The molecule has 1 fully saturated rings. The quantitative estimate of drug-likeness (QED) is 0.676. The minimum atomic E-state index is 0.810. The highest BCUT2D eigenvalue weighted by atomic mass is 32.1. The van der Waals surface area contributed by atoms with Crippen LogP contribution in [0.1, 0.15) is 26.7 Å². The summed E-state index contributed by atoms with van der Waals surface area (Å²) in [6.45, 7) is 10.7. The van der Waals surface area contributed by atoms with Gasteiger partial charge >= 0.3 is 0 Å². The van der Waals surface area contributed by atoms with Gasteiger partial charge in [0.2, 0.25) is 0 Å². The fourth-order valence-corrected chi connectivity index (χ4v) is 2.49. The Hall–Kier alpha value is 0.270. The molecule has 1 heterocycles. The number of nitrogens with zero attached hydrogens (tertiary/aromatic N) is 2. The summed E-state index contributed by atoms with van der Waals surface area (Å²) < 4.78 is 0. The Morgan fingerprint density at radius 1 is 1.36 bits per heavy atom. The van der Waals surface area contributed by atoms with Gasteiger partial charge in [0.15, 0.2) is 0 Å². The van der Waals surface area contributed by atoms with Crippen LogP contribution in [0.2, 0.25) is 0 Å². The molecule has 0 radical (unpaired) electrons. The average Bonchev–Trinajstić information content (AvgIpc) is 2.65. The first-order chi connectivity index (χ1) is 6.81. The lowest BCUT2D eigenvalue weighted by atomic mass is 10.2. The van der Waals surface area contributed by atoms with Gasteiger partial charge in [0.05, 0.1) is 0 Å². The highest BCUT2D eigenvalue weighted by Gasteiger charge is 2.25. The Balaban J connectivity index is 2.25. The second-order valence-corrected chi connectivity index (χ2v) is 4.49. The summed E-state index contributed by atoms with van der Waals surface area (Å²) >= 11 is 4.26. The van der Waals surface area contributed by atoms with Crippen LogP contribution < -0.4 is 0 Å². The largest absolute Gasteiger partial charge is 0.302 e. The minimum absolute atomic E-state index is 0.810. The summed E-state index contributed by atoms with van der Waals surface area (Å²) in [6, 6.07) is 0.810. The summed E-state index contributed by atoms with van der Waals surface area (Å²) in [6.07, 6.45) is 2.59. The highest BCUT2D eigenvalue weighted by Crippen LogP contribution is 2.15. The van der Waals surface area contributed by atoms with Crippen molar-refractivity contribution in [1.29, 1.82) is 0 Å². The van der Waals surface area contributed by atoms with E-state index in [-0.39, 0.29) is 0 Å². The van der Waals surface area contributed by atoms with Crippen LogP contribution in [0, 0.1) is 0 Å². The predicted molar refractivity (Wildman–Crippen MR) is 66.2 cm³/mol. The van der Waals surface area contributed by atoms with E-state index in [2.05, 4.69) is 36.3 Å². The smallest absolute Gasteiger partial charge is 0.0235 e. The first kappa shape index (κ1) is 12.3. The van der Waals surface area contributed by atoms with E-state index in [0.29, 0.717) is 0 Å². The SMILES string of the molecule is CCN(CC)C1CCN(CCCS)C1. The number of hydrogen-bond acceptors (Lipinski definition) is 3. The zero-order chi connectivity index (χ0) is 10.4. The summed E-state index contributed by atoms with van der Waals surface area (Å²) in [5.41, 5.74) is 0. The van der Waals surface area contributed by atoms with Crippen LogP contribution in [0.4, 0.5) is 0 Å². The Morgan fingerprint density at radius 2 is 2.07 bits per heavy atom. The summed E-state index contributed by atoms with van der Waals surface area (Å²) in [5.74, 6) is 1.02. The van der Waals surface area contributed by atoms with Crippen molar-refractivity contribution in [2.45, 2.75) is 32.7 Å². The van der Waals surface area contributed by atoms with E-state index >= 15 is 0 Å². The molecule has 0 saturated carbocycles.